The SMILES string of the molecule is O=C(c1coc(C2CC2)n1)N1CCN(Cc2noc(-c3cccc(Cl)c3)n2)CC1. The number of amides is 1. The lowest BCUT2D eigenvalue weighted by atomic mass is 10.2. The van der Waals surface area contributed by atoms with Gasteiger partial charge in [0.25, 0.3) is 11.8 Å². The highest BCUT2D eigenvalue weighted by Crippen LogP contribution is 2.39. The molecule has 0 unspecified atom stereocenters. The van der Waals surface area contributed by atoms with Crippen LogP contribution in [0.3, 0.4) is 0 Å². The van der Waals surface area contributed by atoms with E-state index in [9.17, 15) is 4.79 Å². The van der Waals surface area contributed by atoms with Crippen LogP contribution >= 0.6 is 11.6 Å². The number of piperazine rings is 1. The molecular formula is C20H20ClN5O3. The molecule has 1 aromatic carbocycles. The van der Waals surface area contributed by atoms with E-state index >= 15 is 0 Å². The maximum Gasteiger partial charge on any atom is 0.275 e. The fourth-order valence-corrected chi connectivity index (χ4v) is 3.62. The molecule has 150 valence electrons. The van der Waals surface area contributed by atoms with Crippen molar-refractivity contribution >= 4 is 17.5 Å². The van der Waals surface area contributed by atoms with Gasteiger partial charge in [-0.3, -0.25) is 9.69 Å². The summed E-state index contributed by atoms with van der Waals surface area (Å²) in [6.07, 6.45) is 3.68. The summed E-state index contributed by atoms with van der Waals surface area (Å²) >= 11 is 6.02. The van der Waals surface area contributed by atoms with Gasteiger partial charge < -0.3 is 13.8 Å². The van der Waals surface area contributed by atoms with Gasteiger partial charge in [-0.05, 0) is 31.0 Å². The van der Waals surface area contributed by atoms with Gasteiger partial charge in [0, 0.05) is 42.7 Å². The number of carbonyl (C=O) groups excluding carboxylic acids is 1. The lowest BCUT2D eigenvalue weighted by molar-refractivity contribution is 0.0618. The molecule has 3 aromatic rings. The topological polar surface area (TPSA) is 88.5 Å². The van der Waals surface area contributed by atoms with E-state index in [1.165, 1.54) is 6.26 Å². The van der Waals surface area contributed by atoms with Gasteiger partial charge >= 0.3 is 0 Å². The van der Waals surface area contributed by atoms with Crippen LogP contribution in [0.25, 0.3) is 11.5 Å². The quantitative estimate of drug-likeness (QED) is 0.634. The van der Waals surface area contributed by atoms with Crippen LogP contribution in [0, 0.1) is 0 Å². The first-order valence-corrected chi connectivity index (χ1v) is 10.1. The predicted molar refractivity (Wildman–Crippen MR) is 104 cm³/mol. The molecule has 0 radical (unpaired) electrons. The molecule has 2 aromatic heterocycles. The van der Waals surface area contributed by atoms with Gasteiger partial charge in [-0.15, -0.1) is 0 Å². The zero-order chi connectivity index (χ0) is 19.8. The van der Waals surface area contributed by atoms with Crippen LogP contribution in [0.5, 0.6) is 0 Å². The Hall–Kier alpha value is -2.71. The molecule has 1 amide bonds. The van der Waals surface area contributed by atoms with Crippen molar-refractivity contribution in [3.63, 3.8) is 0 Å². The first-order chi connectivity index (χ1) is 14.2. The summed E-state index contributed by atoms with van der Waals surface area (Å²) < 4.78 is 10.8. The number of oxazole rings is 1. The average Bonchev–Trinajstić information content (AvgIpc) is 3.28. The average molecular weight is 414 g/mol. The van der Waals surface area contributed by atoms with Crippen molar-refractivity contribution in [3.8, 4) is 11.5 Å². The van der Waals surface area contributed by atoms with Gasteiger partial charge in [-0.25, -0.2) is 4.98 Å². The molecule has 2 aliphatic rings. The van der Waals surface area contributed by atoms with Crippen LogP contribution in [-0.2, 0) is 6.54 Å². The van der Waals surface area contributed by atoms with E-state index in [1.807, 2.05) is 17.0 Å². The first kappa shape index (κ1) is 18.3. The summed E-state index contributed by atoms with van der Waals surface area (Å²) in [5.74, 6) is 2.10. The summed E-state index contributed by atoms with van der Waals surface area (Å²) in [6, 6.07) is 7.32. The maximum atomic E-state index is 12.6. The molecule has 1 aliphatic heterocycles. The third kappa shape index (κ3) is 4.04. The normalized spacial score (nSPS) is 17.6. The van der Waals surface area contributed by atoms with Gasteiger partial charge in [0.05, 0.1) is 6.54 Å². The minimum atomic E-state index is -0.0666. The molecule has 9 heteroatoms. The predicted octanol–water partition coefficient (Wildman–Crippen LogP) is 3.21. The van der Waals surface area contributed by atoms with E-state index in [0.717, 1.165) is 31.5 Å². The molecule has 0 N–H and O–H groups in total. The molecule has 0 spiro atoms. The maximum absolute atomic E-state index is 12.6. The highest BCUT2D eigenvalue weighted by Gasteiger charge is 2.31. The van der Waals surface area contributed by atoms with Gasteiger partial charge in [-0.2, -0.15) is 4.98 Å². The third-order valence-corrected chi connectivity index (χ3v) is 5.47. The summed E-state index contributed by atoms with van der Waals surface area (Å²) in [5, 5.41) is 4.69. The van der Waals surface area contributed by atoms with Crippen molar-refractivity contribution in [2.45, 2.75) is 25.3 Å². The second-order valence-corrected chi connectivity index (χ2v) is 7.88. The Kier molecular flexibility index (Phi) is 4.81. The molecule has 0 bridgehead atoms. The van der Waals surface area contributed by atoms with Crippen LogP contribution in [-0.4, -0.2) is 57.0 Å². The number of hydrogen-bond acceptors (Lipinski definition) is 7. The number of rotatable bonds is 5. The zero-order valence-corrected chi connectivity index (χ0v) is 16.5. The largest absolute Gasteiger partial charge is 0.448 e. The van der Waals surface area contributed by atoms with E-state index in [-0.39, 0.29) is 5.91 Å². The molecule has 1 saturated carbocycles. The summed E-state index contributed by atoms with van der Waals surface area (Å²) in [5.41, 5.74) is 1.20. The highest BCUT2D eigenvalue weighted by molar-refractivity contribution is 6.30. The van der Waals surface area contributed by atoms with Crippen molar-refractivity contribution < 1.29 is 13.7 Å². The molecule has 3 heterocycles. The molecule has 1 aliphatic carbocycles. The summed E-state index contributed by atoms with van der Waals surface area (Å²) in [6.45, 7) is 3.30. The second kappa shape index (κ2) is 7.61. The zero-order valence-electron chi connectivity index (χ0n) is 15.8. The van der Waals surface area contributed by atoms with Crippen molar-refractivity contribution in [2.24, 2.45) is 0 Å². The van der Waals surface area contributed by atoms with Crippen molar-refractivity contribution in [1.29, 1.82) is 0 Å². The lowest BCUT2D eigenvalue weighted by Crippen LogP contribution is -2.48. The monoisotopic (exact) mass is 413 g/mol. The Morgan fingerprint density at radius 3 is 2.76 bits per heavy atom. The van der Waals surface area contributed by atoms with Crippen molar-refractivity contribution in [2.75, 3.05) is 26.2 Å². The van der Waals surface area contributed by atoms with Crippen molar-refractivity contribution in [1.82, 2.24) is 24.9 Å². The standard InChI is InChI=1S/C20H20ClN5O3/c21-15-3-1-2-14(10-15)19-23-17(24-29-19)11-25-6-8-26(9-7-25)20(27)16-12-28-18(22-16)13-4-5-13/h1-3,10,12-13H,4-9,11H2. The Morgan fingerprint density at radius 2 is 2.00 bits per heavy atom. The summed E-state index contributed by atoms with van der Waals surface area (Å²) in [7, 11) is 0. The molecule has 29 heavy (non-hydrogen) atoms. The molecule has 2 fully saturated rings. The third-order valence-electron chi connectivity index (χ3n) is 5.23. The number of hydrogen-bond donors (Lipinski definition) is 0. The molecule has 1 saturated heterocycles. The number of benzene rings is 1. The number of nitrogens with zero attached hydrogens (tertiary/aromatic N) is 5. The summed E-state index contributed by atoms with van der Waals surface area (Å²) in [4.78, 5) is 25.5. The Balaban J connectivity index is 1.16. The molecule has 0 atom stereocenters. The van der Waals surface area contributed by atoms with E-state index in [0.29, 0.717) is 53.9 Å². The Morgan fingerprint density at radius 1 is 1.17 bits per heavy atom. The van der Waals surface area contributed by atoms with Gasteiger partial charge in [-0.1, -0.05) is 22.8 Å². The molecule has 5 rings (SSSR count). The van der Waals surface area contributed by atoms with Gasteiger partial charge in [0.2, 0.25) is 0 Å². The first-order valence-electron chi connectivity index (χ1n) is 9.71. The Bertz CT molecular complexity index is 1020. The van der Waals surface area contributed by atoms with Gasteiger partial charge in [0.15, 0.2) is 17.4 Å². The number of halogens is 1. The minimum absolute atomic E-state index is 0.0666. The van der Waals surface area contributed by atoms with E-state index < -0.39 is 0 Å². The minimum Gasteiger partial charge on any atom is -0.448 e. The fourth-order valence-electron chi connectivity index (χ4n) is 3.43. The number of carbonyl (C=O) groups is 1. The van der Waals surface area contributed by atoms with E-state index in [1.54, 1.807) is 12.1 Å². The molecular weight excluding hydrogens is 394 g/mol. The Labute approximate surface area is 172 Å². The van der Waals surface area contributed by atoms with Crippen LogP contribution in [0.15, 0.2) is 39.5 Å². The number of aromatic nitrogens is 3. The second-order valence-electron chi connectivity index (χ2n) is 7.44. The van der Waals surface area contributed by atoms with Gasteiger partial charge in [0.1, 0.15) is 6.26 Å². The highest BCUT2D eigenvalue weighted by atomic mass is 35.5. The van der Waals surface area contributed by atoms with E-state index in [4.69, 9.17) is 20.5 Å². The lowest BCUT2D eigenvalue weighted by Gasteiger charge is -2.33. The smallest absolute Gasteiger partial charge is 0.275 e. The fraction of sp³-hybridized carbons (Fsp3) is 0.400. The van der Waals surface area contributed by atoms with Crippen LogP contribution < -0.4 is 0 Å². The van der Waals surface area contributed by atoms with Crippen LogP contribution in [0.2, 0.25) is 5.02 Å². The molecule has 8 nitrogen and oxygen atoms in total. The van der Waals surface area contributed by atoms with Crippen LogP contribution in [0.1, 0.15) is 41.0 Å². The van der Waals surface area contributed by atoms with Crippen LogP contribution in [0.4, 0.5) is 0 Å². The van der Waals surface area contributed by atoms with Crippen molar-refractivity contribution in [3.05, 3.63) is 53.0 Å². The van der Waals surface area contributed by atoms with E-state index in [2.05, 4.69) is 20.0 Å².